The summed E-state index contributed by atoms with van der Waals surface area (Å²) in [5.41, 5.74) is 9.32. The number of hydrogen-bond acceptors (Lipinski definition) is 4. The first kappa shape index (κ1) is 15.3. The van der Waals surface area contributed by atoms with Crippen LogP contribution in [0.25, 0.3) is 5.69 Å². The minimum atomic E-state index is -0.119. The Bertz CT molecular complexity index is 803. The summed E-state index contributed by atoms with van der Waals surface area (Å²) in [6.07, 6.45) is 2.08. The van der Waals surface area contributed by atoms with Crippen LogP contribution in [0, 0.1) is 13.8 Å². The van der Waals surface area contributed by atoms with Gasteiger partial charge in [0.05, 0.1) is 16.9 Å². The van der Waals surface area contributed by atoms with E-state index in [1.807, 2.05) is 13.0 Å². The molecule has 1 amide bonds. The number of Topliss-reactive ketones (excluding diaryl/α,β-unsaturated/α-hetero) is 1. The maximum atomic E-state index is 12.2. The molecule has 120 valence electrons. The Morgan fingerprint density at radius 1 is 1.30 bits per heavy atom. The number of aromatic nitrogens is 2. The number of nitrogen functional groups attached to an aromatic ring is 1. The quantitative estimate of drug-likeness (QED) is 0.847. The summed E-state index contributed by atoms with van der Waals surface area (Å²) in [5, 5.41) is 7.34. The van der Waals surface area contributed by atoms with E-state index in [4.69, 9.17) is 5.73 Å². The van der Waals surface area contributed by atoms with E-state index in [-0.39, 0.29) is 11.7 Å². The van der Waals surface area contributed by atoms with Crippen LogP contribution >= 0.6 is 0 Å². The van der Waals surface area contributed by atoms with Crippen molar-refractivity contribution in [1.29, 1.82) is 0 Å². The van der Waals surface area contributed by atoms with Crippen molar-refractivity contribution in [2.45, 2.75) is 39.7 Å². The van der Waals surface area contributed by atoms with Gasteiger partial charge >= 0.3 is 0 Å². The number of benzene rings is 1. The topological polar surface area (TPSA) is 90.0 Å². The molecule has 0 bridgehead atoms. The molecule has 6 heteroatoms. The number of rotatable bonds is 4. The van der Waals surface area contributed by atoms with Crippen molar-refractivity contribution >= 4 is 17.5 Å². The number of carbonyl (C=O) groups is 2. The first-order chi connectivity index (χ1) is 10.9. The van der Waals surface area contributed by atoms with Crippen molar-refractivity contribution < 1.29 is 9.59 Å². The lowest BCUT2D eigenvalue weighted by atomic mass is 10.1. The molecule has 23 heavy (non-hydrogen) atoms. The summed E-state index contributed by atoms with van der Waals surface area (Å²) in [6, 6.07) is 5.71. The van der Waals surface area contributed by atoms with Crippen molar-refractivity contribution in [1.82, 2.24) is 15.1 Å². The number of carbonyl (C=O) groups excluding carboxylic acids is 2. The van der Waals surface area contributed by atoms with E-state index in [1.165, 1.54) is 11.6 Å². The van der Waals surface area contributed by atoms with Gasteiger partial charge in [0.15, 0.2) is 5.78 Å². The highest BCUT2D eigenvalue weighted by atomic mass is 16.1. The number of hydrogen-bond donors (Lipinski definition) is 2. The first-order valence-corrected chi connectivity index (χ1v) is 7.66. The largest absolute Gasteiger partial charge is 0.383 e. The zero-order valence-corrected chi connectivity index (χ0v) is 13.5. The fourth-order valence-corrected chi connectivity index (χ4v) is 2.64. The SMILES string of the molecule is CC(=O)c1c(C)nn(-c2cc(C(=O)NC3CC3)ccc2C)c1N. The van der Waals surface area contributed by atoms with Gasteiger partial charge in [-0.15, -0.1) is 0 Å². The zero-order valence-electron chi connectivity index (χ0n) is 13.5. The molecule has 6 nitrogen and oxygen atoms in total. The Kier molecular flexibility index (Phi) is 3.67. The van der Waals surface area contributed by atoms with Gasteiger partial charge in [-0.05, 0) is 51.3 Å². The van der Waals surface area contributed by atoms with Crippen LogP contribution in [0.2, 0.25) is 0 Å². The van der Waals surface area contributed by atoms with E-state index < -0.39 is 0 Å². The summed E-state index contributed by atoms with van der Waals surface area (Å²) in [7, 11) is 0. The number of nitrogens with one attached hydrogen (secondary N) is 1. The second-order valence-electron chi connectivity index (χ2n) is 6.06. The lowest BCUT2D eigenvalue weighted by molar-refractivity contribution is 0.0950. The van der Waals surface area contributed by atoms with E-state index in [9.17, 15) is 9.59 Å². The normalized spacial score (nSPS) is 13.9. The average molecular weight is 312 g/mol. The molecular formula is C17H20N4O2. The second-order valence-corrected chi connectivity index (χ2v) is 6.06. The molecule has 3 N–H and O–H groups in total. The van der Waals surface area contributed by atoms with Gasteiger partial charge in [-0.3, -0.25) is 9.59 Å². The maximum absolute atomic E-state index is 12.2. The van der Waals surface area contributed by atoms with Crippen molar-refractivity contribution in [3.05, 3.63) is 40.6 Å². The number of anilines is 1. The van der Waals surface area contributed by atoms with Crippen molar-refractivity contribution in [2.75, 3.05) is 5.73 Å². The highest BCUT2D eigenvalue weighted by Crippen LogP contribution is 2.25. The maximum Gasteiger partial charge on any atom is 0.251 e. The molecule has 0 saturated heterocycles. The van der Waals surface area contributed by atoms with Crippen molar-refractivity contribution in [3.8, 4) is 5.69 Å². The predicted molar refractivity (Wildman–Crippen MR) is 87.9 cm³/mol. The Labute approximate surface area is 134 Å². The number of nitrogens with two attached hydrogens (primary N) is 1. The van der Waals surface area contributed by atoms with Crippen molar-refractivity contribution in [3.63, 3.8) is 0 Å². The van der Waals surface area contributed by atoms with E-state index in [0.29, 0.717) is 34.4 Å². The van der Waals surface area contributed by atoms with Crippen LogP contribution in [-0.2, 0) is 0 Å². The lowest BCUT2D eigenvalue weighted by Gasteiger charge is -2.11. The summed E-state index contributed by atoms with van der Waals surface area (Å²) in [5.74, 6) is 0.0902. The summed E-state index contributed by atoms with van der Waals surface area (Å²) >= 11 is 0. The van der Waals surface area contributed by atoms with Gasteiger partial charge in [-0.25, -0.2) is 4.68 Å². The average Bonchev–Trinajstić information content (AvgIpc) is 3.23. The smallest absolute Gasteiger partial charge is 0.251 e. The Morgan fingerprint density at radius 2 is 2.00 bits per heavy atom. The van der Waals surface area contributed by atoms with Gasteiger partial charge in [0.25, 0.3) is 5.91 Å². The molecule has 1 aromatic heterocycles. The zero-order chi connectivity index (χ0) is 16.7. The van der Waals surface area contributed by atoms with Gasteiger partial charge in [-0.1, -0.05) is 6.07 Å². The standard InChI is InChI=1S/C17H20N4O2/c1-9-4-5-12(17(23)19-13-6-7-13)8-14(9)21-16(18)15(11(3)22)10(2)20-21/h4-5,8,13H,6-7,18H2,1-3H3,(H,19,23). The molecule has 3 rings (SSSR count). The van der Waals surface area contributed by atoms with E-state index >= 15 is 0 Å². The van der Waals surface area contributed by atoms with Crippen LogP contribution in [0.4, 0.5) is 5.82 Å². The molecule has 1 fully saturated rings. The minimum absolute atomic E-state index is 0.0945. The molecule has 1 heterocycles. The van der Waals surface area contributed by atoms with E-state index in [1.54, 1.807) is 19.1 Å². The van der Waals surface area contributed by atoms with Gasteiger partial charge in [-0.2, -0.15) is 5.10 Å². The number of ketones is 1. The van der Waals surface area contributed by atoms with Crippen LogP contribution < -0.4 is 11.1 Å². The van der Waals surface area contributed by atoms with Gasteiger partial charge in [0, 0.05) is 11.6 Å². The number of nitrogens with zero attached hydrogens (tertiary/aromatic N) is 2. The molecule has 2 aromatic rings. The molecule has 1 aliphatic rings. The highest BCUT2D eigenvalue weighted by Gasteiger charge is 2.24. The number of amides is 1. The van der Waals surface area contributed by atoms with Crippen molar-refractivity contribution in [2.24, 2.45) is 0 Å². The first-order valence-electron chi connectivity index (χ1n) is 7.66. The van der Waals surface area contributed by atoms with Crippen LogP contribution in [0.5, 0.6) is 0 Å². The second kappa shape index (κ2) is 5.53. The molecule has 1 aliphatic carbocycles. The lowest BCUT2D eigenvalue weighted by Crippen LogP contribution is -2.25. The Hall–Kier alpha value is -2.63. The molecule has 0 radical (unpaired) electrons. The van der Waals surface area contributed by atoms with Crippen LogP contribution in [0.15, 0.2) is 18.2 Å². The molecule has 0 spiro atoms. The van der Waals surface area contributed by atoms with Gasteiger partial charge in [0.2, 0.25) is 0 Å². The summed E-state index contributed by atoms with van der Waals surface area (Å²) < 4.78 is 1.54. The third-order valence-electron chi connectivity index (χ3n) is 4.06. The Morgan fingerprint density at radius 3 is 2.57 bits per heavy atom. The highest BCUT2D eigenvalue weighted by molar-refractivity contribution is 6.00. The van der Waals surface area contributed by atoms with Gasteiger partial charge in [0.1, 0.15) is 5.82 Å². The van der Waals surface area contributed by atoms with Crippen LogP contribution in [0.1, 0.15) is 51.7 Å². The third-order valence-corrected chi connectivity index (χ3v) is 4.06. The molecule has 0 unspecified atom stereocenters. The molecule has 0 atom stereocenters. The number of aryl methyl sites for hydroxylation is 2. The molecule has 1 aromatic carbocycles. The Balaban J connectivity index is 2.04. The fourth-order valence-electron chi connectivity index (χ4n) is 2.64. The van der Waals surface area contributed by atoms with Crippen LogP contribution in [-0.4, -0.2) is 27.5 Å². The molecular weight excluding hydrogens is 292 g/mol. The minimum Gasteiger partial charge on any atom is -0.383 e. The van der Waals surface area contributed by atoms with Gasteiger partial charge < -0.3 is 11.1 Å². The molecule has 0 aliphatic heterocycles. The summed E-state index contributed by atoms with van der Waals surface area (Å²) in [4.78, 5) is 24.0. The monoisotopic (exact) mass is 312 g/mol. The van der Waals surface area contributed by atoms with Crippen LogP contribution in [0.3, 0.4) is 0 Å². The molecule has 1 saturated carbocycles. The third kappa shape index (κ3) is 2.84. The summed E-state index contributed by atoms with van der Waals surface area (Å²) in [6.45, 7) is 5.14. The fraction of sp³-hybridized carbons (Fsp3) is 0.353. The van der Waals surface area contributed by atoms with E-state index in [2.05, 4.69) is 10.4 Å². The predicted octanol–water partition coefficient (Wildman–Crippen LogP) is 2.17. The van der Waals surface area contributed by atoms with E-state index in [0.717, 1.165) is 18.4 Å².